The molecule has 1 N–H and O–H groups in total. The summed E-state index contributed by atoms with van der Waals surface area (Å²) in [5, 5.41) is 3.70. The Labute approximate surface area is 118 Å². The summed E-state index contributed by atoms with van der Waals surface area (Å²) in [6, 6.07) is 12.3. The molecule has 0 amide bonds. The van der Waals surface area contributed by atoms with E-state index in [9.17, 15) is 0 Å². The van der Waals surface area contributed by atoms with Gasteiger partial charge in [-0.05, 0) is 31.4 Å². The van der Waals surface area contributed by atoms with Crippen LogP contribution < -0.4 is 5.32 Å². The third-order valence-electron chi connectivity index (χ3n) is 4.22. The molecule has 2 heteroatoms. The number of nitrogens with one attached hydrogen (secondary N) is 1. The standard InChI is InChI=1S/C17H28N2/c1-3-5-11-19-14-16(4-2)18-13-17(19)12-15-9-7-6-8-10-15/h6-10,16-18H,3-5,11-14H2,1-2H3. The van der Waals surface area contributed by atoms with Gasteiger partial charge in [-0.1, -0.05) is 50.6 Å². The molecule has 2 atom stereocenters. The largest absolute Gasteiger partial charge is 0.311 e. The SMILES string of the molecule is CCCCN1CC(CC)NCC1Cc1ccccc1. The van der Waals surface area contributed by atoms with E-state index in [1.54, 1.807) is 0 Å². The molecule has 0 bridgehead atoms. The molecule has 1 heterocycles. The smallest absolute Gasteiger partial charge is 0.0261 e. The van der Waals surface area contributed by atoms with Crippen molar-refractivity contribution >= 4 is 0 Å². The second-order valence-electron chi connectivity index (χ2n) is 5.71. The molecule has 1 saturated heterocycles. The number of hydrogen-bond donors (Lipinski definition) is 1. The fourth-order valence-electron chi connectivity index (χ4n) is 2.92. The number of piperazine rings is 1. The van der Waals surface area contributed by atoms with Crippen molar-refractivity contribution < 1.29 is 0 Å². The van der Waals surface area contributed by atoms with Gasteiger partial charge in [0.25, 0.3) is 0 Å². The third-order valence-corrected chi connectivity index (χ3v) is 4.22. The molecule has 2 nitrogen and oxygen atoms in total. The van der Waals surface area contributed by atoms with Crippen molar-refractivity contribution in [1.82, 2.24) is 10.2 Å². The summed E-state index contributed by atoms with van der Waals surface area (Å²) >= 11 is 0. The van der Waals surface area contributed by atoms with Gasteiger partial charge in [-0.3, -0.25) is 4.90 Å². The minimum Gasteiger partial charge on any atom is -0.311 e. The molecular weight excluding hydrogens is 232 g/mol. The Morgan fingerprint density at radius 2 is 2.00 bits per heavy atom. The maximum atomic E-state index is 3.70. The topological polar surface area (TPSA) is 15.3 Å². The van der Waals surface area contributed by atoms with E-state index in [0.717, 1.165) is 6.54 Å². The Kier molecular flexibility index (Phi) is 5.87. The zero-order chi connectivity index (χ0) is 13.5. The van der Waals surface area contributed by atoms with Gasteiger partial charge in [-0.15, -0.1) is 0 Å². The molecule has 2 unspecified atom stereocenters. The highest BCUT2D eigenvalue weighted by Crippen LogP contribution is 2.15. The first-order valence-corrected chi connectivity index (χ1v) is 7.84. The van der Waals surface area contributed by atoms with Crippen LogP contribution in [0.4, 0.5) is 0 Å². The average Bonchev–Trinajstić information content (AvgIpc) is 2.47. The van der Waals surface area contributed by atoms with Crippen LogP contribution in [-0.2, 0) is 6.42 Å². The van der Waals surface area contributed by atoms with Gasteiger partial charge in [0.2, 0.25) is 0 Å². The normalized spacial score (nSPS) is 24.5. The van der Waals surface area contributed by atoms with Crippen LogP contribution in [-0.4, -0.2) is 36.6 Å². The molecule has 1 fully saturated rings. The third kappa shape index (κ3) is 4.32. The number of nitrogens with zero attached hydrogens (tertiary/aromatic N) is 1. The van der Waals surface area contributed by atoms with Gasteiger partial charge in [0, 0.05) is 25.2 Å². The number of hydrogen-bond acceptors (Lipinski definition) is 2. The lowest BCUT2D eigenvalue weighted by Crippen LogP contribution is -2.57. The van der Waals surface area contributed by atoms with Crippen molar-refractivity contribution in [2.75, 3.05) is 19.6 Å². The number of rotatable bonds is 6. The molecule has 19 heavy (non-hydrogen) atoms. The van der Waals surface area contributed by atoms with Gasteiger partial charge < -0.3 is 5.32 Å². The monoisotopic (exact) mass is 260 g/mol. The van der Waals surface area contributed by atoms with Gasteiger partial charge in [-0.25, -0.2) is 0 Å². The zero-order valence-electron chi connectivity index (χ0n) is 12.4. The molecule has 0 aromatic heterocycles. The summed E-state index contributed by atoms with van der Waals surface area (Å²) in [6.45, 7) is 8.18. The predicted molar refractivity (Wildman–Crippen MR) is 82.5 cm³/mol. The molecule has 106 valence electrons. The van der Waals surface area contributed by atoms with E-state index in [0.29, 0.717) is 12.1 Å². The van der Waals surface area contributed by atoms with Crippen molar-refractivity contribution in [3.8, 4) is 0 Å². The summed E-state index contributed by atoms with van der Waals surface area (Å²) in [6.07, 6.45) is 5.02. The van der Waals surface area contributed by atoms with Gasteiger partial charge in [-0.2, -0.15) is 0 Å². The highest BCUT2D eigenvalue weighted by Gasteiger charge is 2.26. The van der Waals surface area contributed by atoms with Crippen LogP contribution in [0.2, 0.25) is 0 Å². The summed E-state index contributed by atoms with van der Waals surface area (Å²) in [7, 11) is 0. The van der Waals surface area contributed by atoms with Crippen LogP contribution >= 0.6 is 0 Å². The highest BCUT2D eigenvalue weighted by molar-refractivity contribution is 5.16. The number of benzene rings is 1. The molecule has 0 aliphatic carbocycles. The van der Waals surface area contributed by atoms with Crippen molar-refractivity contribution in [1.29, 1.82) is 0 Å². The Hall–Kier alpha value is -0.860. The second kappa shape index (κ2) is 7.66. The lowest BCUT2D eigenvalue weighted by molar-refractivity contribution is 0.126. The van der Waals surface area contributed by atoms with E-state index < -0.39 is 0 Å². The zero-order valence-corrected chi connectivity index (χ0v) is 12.4. The fraction of sp³-hybridized carbons (Fsp3) is 0.647. The van der Waals surface area contributed by atoms with Gasteiger partial charge in [0.15, 0.2) is 0 Å². The van der Waals surface area contributed by atoms with Gasteiger partial charge >= 0.3 is 0 Å². The van der Waals surface area contributed by atoms with Crippen LogP contribution in [0.3, 0.4) is 0 Å². The van der Waals surface area contributed by atoms with Gasteiger partial charge in [0.05, 0.1) is 0 Å². The maximum absolute atomic E-state index is 3.70. The van der Waals surface area contributed by atoms with Crippen LogP contribution in [0.1, 0.15) is 38.7 Å². The Morgan fingerprint density at radius 1 is 1.21 bits per heavy atom. The molecule has 1 aromatic rings. The first kappa shape index (κ1) is 14.5. The van der Waals surface area contributed by atoms with E-state index in [2.05, 4.69) is 54.4 Å². The minimum absolute atomic E-state index is 0.664. The predicted octanol–water partition coefficient (Wildman–Crippen LogP) is 3.08. The van der Waals surface area contributed by atoms with Crippen LogP contribution in [0.15, 0.2) is 30.3 Å². The molecule has 0 spiro atoms. The van der Waals surface area contributed by atoms with Gasteiger partial charge in [0.1, 0.15) is 0 Å². The van der Waals surface area contributed by atoms with E-state index in [-0.39, 0.29) is 0 Å². The Balaban J connectivity index is 1.96. The van der Waals surface area contributed by atoms with Crippen molar-refractivity contribution in [3.05, 3.63) is 35.9 Å². The van der Waals surface area contributed by atoms with E-state index in [1.165, 1.54) is 44.3 Å². The van der Waals surface area contributed by atoms with Crippen LogP contribution in [0.5, 0.6) is 0 Å². The number of unbranched alkanes of at least 4 members (excludes halogenated alkanes) is 1. The molecular formula is C17H28N2. The van der Waals surface area contributed by atoms with Crippen LogP contribution in [0, 0.1) is 0 Å². The van der Waals surface area contributed by atoms with Crippen molar-refractivity contribution in [2.45, 2.75) is 51.6 Å². The summed E-state index contributed by atoms with van der Waals surface area (Å²) < 4.78 is 0. The van der Waals surface area contributed by atoms with Crippen LogP contribution in [0.25, 0.3) is 0 Å². The molecule has 1 aromatic carbocycles. The minimum atomic E-state index is 0.664. The lowest BCUT2D eigenvalue weighted by atomic mass is 9.99. The fourth-order valence-corrected chi connectivity index (χ4v) is 2.92. The summed E-state index contributed by atoms with van der Waals surface area (Å²) in [5.74, 6) is 0. The average molecular weight is 260 g/mol. The second-order valence-corrected chi connectivity index (χ2v) is 5.71. The lowest BCUT2D eigenvalue weighted by Gasteiger charge is -2.40. The van der Waals surface area contributed by atoms with E-state index in [4.69, 9.17) is 0 Å². The van der Waals surface area contributed by atoms with E-state index >= 15 is 0 Å². The molecule has 1 aliphatic heterocycles. The molecule has 1 aliphatic rings. The quantitative estimate of drug-likeness (QED) is 0.845. The first-order valence-electron chi connectivity index (χ1n) is 7.84. The Morgan fingerprint density at radius 3 is 2.68 bits per heavy atom. The summed E-state index contributed by atoms with van der Waals surface area (Å²) in [5.41, 5.74) is 1.46. The van der Waals surface area contributed by atoms with Crippen molar-refractivity contribution in [3.63, 3.8) is 0 Å². The van der Waals surface area contributed by atoms with E-state index in [1.807, 2.05) is 0 Å². The molecule has 2 rings (SSSR count). The maximum Gasteiger partial charge on any atom is 0.0261 e. The first-order chi connectivity index (χ1) is 9.33. The summed E-state index contributed by atoms with van der Waals surface area (Å²) in [4.78, 5) is 2.71. The molecule has 0 radical (unpaired) electrons. The highest BCUT2D eigenvalue weighted by atomic mass is 15.2. The molecule has 0 saturated carbocycles. The van der Waals surface area contributed by atoms with Crippen molar-refractivity contribution in [2.24, 2.45) is 0 Å². The Bertz CT molecular complexity index is 350.